The van der Waals surface area contributed by atoms with Gasteiger partial charge < -0.3 is 19.7 Å². The molecule has 0 aliphatic carbocycles. The first-order valence-electron chi connectivity index (χ1n) is 10.4. The third kappa shape index (κ3) is 4.78. The summed E-state index contributed by atoms with van der Waals surface area (Å²) in [5.74, 6) is -2.78. The first kappa shape index (κ1) is 23.7. The minimum absolute atomic E-state index is 0.00129. The number of hydrogen-bond acceptors (Lipinski definition) is 5. The van der Waals surface area contributed by atoms with Gasteiger partial charge in [0.2, 0.25) is 0 Å². The number of nitrogens with one attached hydrogen (secondary N) is 1. The summed E-state index contributed by atoms with van der Waals surface area (Å²) >= 11 is 6.03. The van der Waals surface area contributed by atoms with E-state index in [9.17, 15) is 19.2 Å². The van der Waals surface area contributed by atoms with Crippen LogP contribution in [0.1, 0.15) is 20.8 Å². The number of ether oxygens (including phenoxy) is 1. The highest BCUT2D eigenvalue weighted by Gasteiger charge is 2.23. The van der Waals surface area contributed by atoms with Crippen molar-refractivity contribution in [3.05, 3.63) is 99.4 Å². The summed E-state index contributed by atoms with van der Waals surface area (Å²) in [5, 5.41) is 12.7. The van der Waals surface area contributed by atoms with Crippen LogP contribution in [0, 0.1) is 0 Å². The van der Waals surface area contributed by atoms with Crippen molar-refractivity contribution in [2.75, 3.05) is 11.9 Å². The molecule has 2 N–H and O–H groups in total. The molecule has 0 saturated heterocycles. The van der Waals surface area contributed by atoms with E-state index >= 15 is 0 Å². The molecular formula is C26H19ClN2O6. The Balaban J connectivity index is 1.65. The quantitative estimate of drug-likeness (QED) is 0.388. The third-order valence-corrected chi connectivity index (χ3v) is 5.71. The lowest BCUT2D eigenvalue weighted by Gasteiger charge is -2.17. The van der Waals surface area contributed by atoms with E-state index in [2.05, 4.69) is 5.32 Å². The number of halogens is 1. The number of fused-ring (bicyclic) bond motifs is 1. The van der Waals surface area contributed by atoms with Gasteiger partial charge in [0.15, 0.2) is 6.61 Å². The number of nitrogens with zero attached hydrogens (tertiary/aromatic N) is 1. The molecule has 0 bridgehead atoms. The number of rotatable bonds is 6. The minimum atomic E-state index is -1.19. The molecule has 1 heterocycles. The van der Waals surface area contributed by atoms with Crippen LogP contribution in [0.3, 0.4) is 0 Å². The van der Waals surface area contributed by atoms with E-state index in [0.29, 0.717) is 21.9 Å². The monoisotopic (exact) mass is 490 g/mol. The zero-order chi connectivity index (χ0) is 25.1. The largest absolute Gasteiger partial charge is 0.478 e. The molecule has 4 rings (SSSR count). The number of carboxylic acids is 1. The Kier molecular flexibility index (Phi) is 6.66. The van der Waals surface area contributed by atoms with Gasteiger partial charge in [-0.15, -0.1) is 0 Å². The lowest BCUT2D eigenvalue weighted by atomic mass is 9.97. The predicted octanol–water partition coefficient (Wildman–Crippen LogP) is 4.35. The lowest BCUT2D eigenvalue weighted by molar-refractivity contribution is -0.119. The van der Waals surface area contributed by atoms with Crippen LogP contribution >= 0.6 is 11.6 Å². The number of anilines is 1. The molecule has 35 heavy (non-hydrogen) atoms. The number of carboxylic acid groups (broad SMARTS) is 1. The third-order valence-electron chi connectivity index (χ3n) is 5.38. The lowest BCUT2D eigenvalue weighted by Crippen LogP contribution is -2.28. The van der Waals surface area contributed by atoms with Crippen LogP contribution < -0.4 is 10.9 Å². The number of carbonyl (C=O) groups excluding carboxylic acids is 2. The Labute approximate surface area is 204 Å². The summed E-state index contributed by atoms with van der Waals surface area (Å²) in [4.78, 5) is 49.7. The van der Waals surface area contributed by atoms with Crippen molar-refractivity contribution in [2.24, 2.45) is 7.05 Å². The van der Waals surface area contributed by atoms with E-state index in [1.165, 1.54) is 29.8 Å². The molecule has 0 atom stereocenters. The Bertz CT molecular complexity index is 1530. The number of esters is 1. The molecule has 9 heteroatoms. The van der Waals surface area contributed by atoms with Gasteiger partial charge in [0.05, 0.1) is 16.3 Å². The van der Waals surface area contributed by atoms with Crippen molar-refractivity contribution in [3.63, 3.8) is 0 Å². The smallest absolute Gasteiger partial charge is 0.356 e. The van der Waals surface area contributed by atoms with Crippen LogP contribution in [-0.4, -0.2) is 34.1 Å². The van der Waals surface area contributed by atoms with E-state index < -0.39 is 24.5 Å². The molecule has 3 aromatic carbocycles. The van der Waals surface area contributed by atoms with Gasteiger partial charge in [-0.1, -0.05) is 60.1 Å². The van der Waals surface area contributed by atoms with Gasteiger partial charge in [-0.25, -0.2) is 9.59 Å². The number of aromatic nitrogens is 1. The zero-order valence-corrected chi connectivity index (χ0v) is 19.2. The Morgan fingerprint density at radius 2 is 1.63 bits per heavy atom. The van der Waals surface area contributed by atoms with E-state index in [1.54, 1.807) is 24.3 Å². The first-order chi connectivity index (χ1) is 16.8. The molecule has 0 saturated carbocycles. The number of carbonyl (C=O) groups is 3. The molecule has 0 aliphatic rings. The fourth-order valence-electron chi connectivity index (χ4n) is 3.74. The van der Waals surface area contributed by atoms with Crippen LogP contribution in [0.2, 0.25) is 5.02 Å². The van der Waals surface area contributed by atoms with Crippen molar-refractivity contribution >= 4 is 45.9 Å². The van der Waals surface area contributed by atoms with Gasteiger partial charge in [-0.05, 0) is 35.2 Å². The Morgan fingerprint density at radius 3 is 2.31 bits per heavy atom. The molecule has 0 radical (unpaired) electrons. The average Bonchev–Trinajstić information content (AvgIpc) is 2.86. The number of benzene rings is 3. The molecule has 1 amide bonds. The van der Waals surface area contributed by atoms with E-state index in [4.69, 9.17) is 21.4 Å². The summed E-state index contributed by atoms with van der Waals surface area (Å²) in [7, 11) is 1.47. The van der Waals surface area contributed by atoms with Crippen molar-refractivity contribution < 1.29 is 24.2 Å². The molecular weight excluding hydrogens is 472 g/mol. The van der Waals surface area contributed by atoms with Crippen molar-refractivity contribution in [3.8, 4) is 11.1 Å². The molecule has 4 aromatic rings. The van der Waals surface area contributed by atoms with Crippen LogP contribution in [-0.2, 0) is 16.6 Å². The summed E-state index contributed by atoms with van der Waals surface area (Å²) in [6.07, 6.45) is 0. The molecule has 0 fully saturated rings. The Morgan fingerprint density at radius 1 is 0.971 bits per heavy atom. The molecule has 1 aromatic heterocycles. The second-order valence-corrected chi connectivity index (χ2v) is 8.03. The number of amides is 1. The van der Waals surface area contributed by atoms with Crippen LogP contribution in [0.4, 0.5) is 5.69 Å². The van der Waals surface area contributed by atoms with Gasteiger partial charge in [0, 0.05) is 18.0 Å². The van der Waals surface area contributed by atoms with E-state index in [0.717, 1.165) is 0 Å². The maximum Gasteiger partial charge on any atom is 0.356 e. The standard InChI is InChI=1S/C26H19ClN2O6/c1-29-23(22(15-7-3-2-4-8-15)17-9-5-6-10-18(17)24(29)31)26(34)35-14-21(30)28-20-13-16(25(32)33)11-12-19(20)27/h2-13H,14H2,1H3,(H,28,30)(H,32,33). The molecule has 0 spiro atoms. The zero-order valence-electron chi connectivity index (χ0n) is 18.4. The van der Waals surface area contributed by atoms with E-state index in [1.807, 2.05) is 30.3 Å². The van der Waals surface area contributed by atoms with Crippen LogP contribution in [0.15, 0.2) is 77.6 Å². The summed E-state index contributed by atoms with van der Waals surface area (Å²) in [6.45, 7) is -0.679. The molecule has 0 aliphatic heterocycles. The van der Waals surface area contributed by atoms with Gasteiger partial charge in [0.1, 0.15) is 5.69 Å². The summed E-state index contributed by atoms with van der Waals surface area (Å²) in [6, 6.07) is 19.9. The molecule has 8 nitrogen and oxygen atoms in total. The predicted molar refractivity (Wildman–Crippen MR) is 132 cm³/mol. The number of aromatic carboxylic acids is 1. The topological polar surface area (TPSA) is 115 Å². The van der Waals surface area contributed by atoms with Gasteiger partial charge >= 0.3 is 11.9 Å². The van der Waals surface area contributed by atoms with Crippen molar-refractivity contribution in [2.45, 2.75) is 0 Å². The minimum Gasteiger partial charge on any atom is -0.478 e. The maximum atomic E-state index is 13.2. The van der Waals surface area contributed by atoms with Crippen molar-refractivity contribution in [1.82, 2.24) is 4.57 Å². The highest BCUT2D eigenvalue weighted by atomic mass is 35.5. The highest BCUT2D eigenvalue weighted by Crippen LogP contribution is 2.31. The maximum absolute atomic E-state index is 13.2. The highest BCUT2D eigenvalue weighted by molar-refractivity contribution is 6.33. The van der Waals surface area contributed by atoms with Gasteiger partial charge in [0.25, 0.3) is 11.5 Å². The fourth-order valence-corrected chi connectivity index (χ4v) is 3.91. The second kappa shape index (κ2) is 9.82. The first-order valence-corrected chi connectivity index (χ1v) is 10.8. The Hall–Kier alpha value is -4.43. The van der Waals surface area contributed by atoms with Crippen LogP contribution in [0.5, 0.6) is 0 Å². The average molecular weight is 491 g/mol. The van der Waals surface area contributed by atoms with Gasteiger partial charge in [-0.2, -0.15) is 0 Å². The summed E-state index contributed by atoms with van der Waals surface area (Å²) < 4.78 is 6.46. The SMILES string of the molecule is Cn1c(C(=O)OCC(=O)Nc2cc(C(=O)O)ccc2Cl)c(-c2ccccc2)c2ccccc2c1=O. The summed E-state index contributed by atoms with van der Waals surface area (Å²) in [5.41, 5.74) is 0.822. The van der Waals surface area contributed by atoms with Gasteiger partial charge in [-0.3, -0.25) is 9.59 Å². The fraction of sp³-hybridized carbons (Fsp3) is 0.0769. The molecule has 176 valence electrons. The normalized spacial score (nSPS) is 10.7. The second-order valence-electron chi connectivity index (χ2n) is 7.62. The van der Waals surface area contributed by atoms with Crippen molar-refractivity contribution in [1.29, 1.82) is 0 Å². The number of hydrogen-bond donors (Lipinski definition) is 2. The van der Waals surface area contributed by atoms with Crippen LogP contribution in [0.25, 0.3) is 21.9 Å². The van der Waals surface area contributed by atoms with E-state index in [-0.39, 0.29) is 27.5 Å². The number of pyridine rings is 1. The molecule has 0 unspecified atom stereocenters.